The Kier molecular flexibility index (Phi) is 1.33. The van der Waals surface area contributed by atoms with E-state index in [1.165, 1.54) is 12.8 Å². The zero-order valence-electron chi connectivity index (χ0n) is 4.85. The summed E-state index contributed by atoms with van der Waals surface area (Å²) in [5.74, 6) is 1.78. The summed E-state index contributed by atoms with van der Waals surface area (Å²) in [4.78, 5) is 0. The second-order valence-electron chi connectivity index (χ2n) is 2.55. The van der Waals surface area contributed by atoms with Gasteiger partial charge in [0, 0.05) is 0 Å². The summed E-state index contributed by atoms with van der Waals surface area (Å²) in [6.07, 6.45) is 2.78. The average Bonchev–Trinajstić information content (AvgIpc) is 1.65. The third-order valence-corrected chi connectivity index (χ3v) is 2.10. The van der Waals surface area contributed by atoms with E-state index in [1.54, 1.807) is 0 Å². The Balaban J connectivity index is 2.16. The Bertz CT molecular complexity index is 59.2. The lowest BCUT2D eigenvalue weighted by molar-refractivity contribution is 0.205. The van der Waals surface area contributed by atoms with E-state index in [2.05, 4.69) is 6.92 Å². The molecule has 1 fully saturated rings. The van der Waals surface area contributed by atoms with E-state index in [-0.39, 0.29) is 0 Å². The molecule has 0 aromatic rings. The van der Waals surface area contributed by atoms with Gasteiger partial charge in [0.1, 0.15) is 0 Å². The minimum absolute atomic E-state index is 0.861. The molecule has 0 bridgehead atoms. The van der Waals surface area contributed by atoms with Crippen LogP contribution in [0.4, 0.5) is 0 Å². The molecule has 0 unspecified atom stereocenters. The summed E-state index contributed by atoms with van der Waals surface area (Å²) >= 11 is 0. The summed E-state index contributed by atoms with van der Waals surface area (Å²) in [5.41, 5.74) is 5.42. The normalized spacial score (nSPS) is 40.3. The van der Waals surface area contributed by atoms with Crippen LogP contribution >= 0.6 is 0 Å². The van der Waals surface area contributed by atoms with Crippen molar-refractivity contribution in [2.75, 3.05) is 6.54 Å². The third-order valence-electron chi connectivity index (χ3n) is 2.10. The van der Waals surface area contributed by atoms with Gasteiger partial charge in [0.25, 0.3) is 0 Å². The molecule has 0 saturated heterocycles. The van der Waals surface area contributed by atoms with Crippen LogP contribution in [-0.2, 0) is 0 Å². The molecule has 7 heavy (non-hydrogen) atoms. The predicted molar refractivity (Wildman–Crippen MR) is 30.9 cm³/mol. The first-order chi connectivity index (χ1) is 3.34. The molecule has 42 valence electrons. The molecule has 1 aliphatic rings. The first kappa shape index (κ1) is 5.10. The number of rotatable bonds is 1. The fourth-order valence-electron chi connectivity index (χ4n) is 1.09. The minimum atomic E-state index is 0.861. The van der Waals surface area contributed by atoms with Crippen LogP contribution in [0.25, 0.3) is 0 Å². The van der Waals surface area contributed by atoms with E-state index in [0.717, 1.165) is 18.4 Å². The highest BCUT2D eigenvalue weighted by Gasteiger charge is 2.24. The Morgan fingerprint density at radius 1 is 1.57 bits per heavy atom. The van der Waals surface area contributed by atoms with E-state index >= 15 is 0 Å². The first-order valence-corrected chi connectivity index (χ1v) is 3.04. The van der Waals surface area contributed by atoms with Crippen LogP contribution in [0.3, 0.4) is 0 Å². The average molecular weight is 99.2 g/mol. The monoisotopic (exact) mass is 99.1 g/mol. The number of nitrogens with two attached hydrogens (primary N) is 1. The summed E-state index contributed by atoms with van der Waals surface area (Å²) in [6.45, 7) is 3.18. The molecule has 1 nitrogen and oxygen atoms in total. The molecule has 0 amide bonds. The summed E-state index contributed by atoms with van der Waals surface area (Å²) in [6, 6.07) is 0. The molecule has 1 rings (SSSR count). The molecule has 1 saturated carbocycles. The van der Waals surface area contributed by atoms with Crippen LogP contribution in [0.2, 0.25) is 0 Å². The van der Waals surface area contributed by atoms with Gasteiger partial charge in [-0.05, 0) is 24.8 Å². The summed E-state index contributed by atoms with van der Waals surface area (Å²) in [7, 11) is 0. The standard InChI is InChI=1S/C6H13N/c1-5-2-3-6(5)4-7/h5-6H,2-4,7H2,1H3/t5-,6+/m1/s1. The van der Waals surface area contributed by atoms with Crippen molar-refractivity contribution in [3.05, 3.63) is 0 Å². The van der Waals surface area contributed by atoms with Gasteiger partial charge < -0.3 is 5.73 Å². The SMILES string of the molecule is C[C@@H]1CC[C@H]1CN. The van der Waals surface area contributed by atoms with Gasteiger partial charge in [-0.1, -0.05) is 13.3 Å². The van der Waals surface area contributed by atoms with E-state index in [4.69, 9.17) is 5.73 Å². The van der Waals surface area contributed by atoms with Crippen molar-refractivity contribution in [1.82, 2.24) is 0 Å². The zero-order valence-corrected chi connectivity index (χ0v) is 4.85. The quantitative estimate of drug-likeness (QED) is 0.521. The van der Waals surface area contributed by atoms with Crippen LogP contribution < -0.4 is 5.73 Å². The van der Waals surface area contributed by atoms with Gasteiger partial charge >= 0.3 is 0 Å². The molecule has 2 atom stereocenters. The molecule has 0 radical (unpaired) electrons. The third kappa shape index (κ3) is 0.778. The van der Waals surface area contributed by atoms with Gasteiger partial charge in [0.15, 0.2) is 0 Å². The molecule has 1 aliphatic carbocycles. The fourth-order valence-corrected chi connectivity index (χ4v) is 1.09. The Labute approximate surface area is 44.9 Å². The molecule has 0 aromatic carbocycles. The van der Waals surface area contributed by atoms with E-state index in [0.29, 0.717) is 0 Å². The molecule has 0 spiro atoms. The van der Waals surface area contributed by atoms with Crippen molar-refractivity contribution in [2.24, 2.45) is 17.6 Å². The second-order valence-corrected chi connectivity index (χ2v) is 2.55. The Morgan fingerprint density at radius 3 is 2.29 bits per heavy atom. The maximum Gasteiger partial charge on any atom is -0.00463 e. The van der Waals surface area contributed by atoms with Crippen molar-refractivity contribution in [3.63, 3.8) is 0 Å². The van der Waals surface area contributed by atoms with Crippen molar-refractivity contribution in [3.8, 4) is 0 Å². The lowest BCUT2D eigenvalue weighted by Gasteiger charge is -2.32. The van der Waals surface area contributed by atoms with Crippen molar-refractivity contribution < 1.29 is 0 Å². The highest BCUT2D eigenvalue weighted by molar-refractivity contribution is 4.77. The number of hydrogen-bond acceptors (Lipinski definition) is 1. The van der Waals surface area contributed by atoms with Crippen molar-refractivity contribution in [2.45, 2.75) is 19.8 Å². The maximum absolute atomic E-state index is 5.42. The Morgan fingerprint density at radius 2 is 2.29 bits per heavy atom. The van der Waals surface area contributed by atoms with E-state index < -0.39 is 0 Å². The zero-order chi connectivity index (χ0) is 5.28. The van der Waals surface area contributed by atoms with Crippen molar-refractivity contribution >= 4 is 0 Å². The Hall–Kier alpha value is -0.0400. The highest BCUT2D eigenvalue weighted by Crippen LogP contribution is 2.31. The van der Waals surface area contributed by atoms with Gasteiger partial charge in [-0.2, -0.15) is 0 Å². The van der Waals surface area contributed by atoms with Gasteiger partial charge in [-0.3, -0.25) is 0 Å². The summed E-state index contributed by atoms with van der Waals surface area (Å²) in [5, 5.41) is 0. The van der Waals surface area contributed by atoms with Gasteiger partial charge in [0.2, 0.25) is 0 Å². The van der Waals surface area contributed by atoms with E-state index in [9.17, 15) is 0 Å². The second kappa shape index (κ2) is 1.83. The smallest absolute Gasteiger partial charge is 0.00463 e. The van der Waals surface area contributed by atoms with Crippen LogP contribution in [0.1, 0.15) is 19.8 Å². The van der Waals surface area contributed by atoms with Crippen LogP contribution in [0, 0.1) is 11.8 Å². The van der Waals surface area contributed by atoms with E-state index in [1.807, 2.05) is 0 Å². The largest absolute Gasteiger partial charge is 0.330 e. The van der Waals surface area contributed by atoms with Gasteiger partial charge in [-0.15, -0.1) is 0 Å². The van der Waals surface area contributed by atoms with Crippen LogP contribution in [-0.4, -0.2) is 6.54 Å². The minimum Gasteiger partial charge on any atom is -0.330 e. The predicted octanol–water partition coefficient (Wildman–Crippen LogP) is 0.991. The molecule has 0 heterocycles. The lowest BCUT2D eigenvalue weighted by Crippen LogP contribution is -2.29. The van der Waals surface area contributed by atoms with Crippen molar-refractivity contribution in [1.29, 1.82) is 0 Å². The number of hydrogen-bond donors (Lipinski definition) is 1. The molecule has 0 aliphatic heterocycles. The first-order valence-electron chi connectivity index (χ1n) is 3.04. The molecule has 2 N–H and O–H groups in total. The highest BCUT2D eigenvalue weighted by atomic mass is 14.6. The van der Waals surface area contributed by atoms with Gasteiger partial charge in [0.05, 0.1) is 0 Å². The summed E-state index contributed by atoms with van der Waals surface area (Å²) < 4.78 is 0. The lowest BCUT2D eigenvalue weighted by atomic mass is 9.75. The van der Waals surface area contributed by atoms with Gasteiger partial charge in [-0.25, -0.2) is 0 Å². The molecule has 1 heteroatoms. The maximum atomic E-state index is 5.42. The topological polar surface area (TPSA) is 26.0 Å². The molecular weight excluding hydrogens is 86.1 g/mol. The molecular formula is C6H13N. The van der Waals surface area contributed by atoms with Crippen LogP contribution in [0.15, 0.2) is 0 Å². The van der Waals surface area contributed by atoms with Crippen LogP contribution in [0.5, 0.6) is 0 Å². The molecule has 0 aromatic heterocycles. The fraction of sp³-hybridized carbons (Fsp3) is 1.00.